The average Bonchev–Trinajstić information content (AvgIpc) is 3.21. The number of aromatic nitrogens is 1. The fourth-order valence-corrected chi connectivity index (χ4v) is 3.30. The van der Waals surface area contributed by atoms with Gasteiger partial charge in [0.05, 0.1) is 30.5 Å². The zero-order valence-electron chi connectivity index (χ0n) is 15.9. The Morgan fingerprint density at radius 1 is 1.24 bits per heavy atom. The van der Waals surface area contributed by atoms with E-state index in [-0.39, 0.29) is 12.3 Å². The Hall–Kier alpha value is -3.46. The van der Waals surface area contributed by atoms with Crippen molar-refractivity contribution in [3.05, 3.63) is 69.2 Å². The van der Waals surface area contributed by atoms with Crippen LogP contribution in [0.3, 0.4) is 0 Å². The topological polar surface area (TPSA) is 96.1 Å². The third kappa shape index (κ3) is 5.29. The second kappa shape index (κ2) is 9.65. The molecule has 3 aromatic rings. The summed E-state index contributed by atoms with van der Waals surface area (Å²) in [7, 11) is 1.60. The molecule has 0 amide bonds. The number of nitro groups is 1. The van der Waals surface area contributed by atoms with Crippen molar-refractivity contribution < 1.29 is 19.2 Å². The van der Waals surface area contributed by atoms with Crippen LogP contribution in [0.25, 0.3) is 10.6 Å². The molecule has 0 radical (unpaired) electrons. The van der Waals surface area contributed by atoms with Gasteiger partial charge in [-0.1, -0.05) is 17.3 Å². The first-order valence-electron chi connectivity index (χ1n) is 8.76. The predicted octanol–water partition coefficient (Wildman–Crippen LogP) is 4.68. The van der Waals surface area contributed by atoms with E-state index in [1.807, 2.05) is 30.5 Å². The molecule has 29 heavy (non-hydrogen) atoms. The van der Waals surface area contributed by atoms with Crippen LogP contribution in [0.5, 0.6) is 11.5 Å². The number of methoxy groups -OCH3 is 1. The Kier molecular flexibility index (Phi) is 6.75. The van der Waals surface area contributed by atoms with Gasteiger partial charge < -0.3 is 14.3 Å². The molecule has 3 rings (SSSR count). The largest absolute Gasteiger partial charge is 0.493 e. The second-order valence-corrected chi connectivity index (χ2v) is 6.66. The fourth-order valence-electron chi connectivity index (χ4n) is 2.50. The molecule has 0 N–H and O–H groups in total. The molecular formula is C20H19N3O5S. The Balaban J connectivity index is 1.62. The van der Waals surface area contributed by atoms with E-state index in [0.29, 0.717) is 23.7 Å². The predicted molar refractivity (Wildman–Crippen MR) is 111 cm³/mol. The number of thiazole rings is 1. The minimum Gasteiger partial charge on any atom is -0.493 e. The molecule has 2 aromatic carbocycles. The maximum absolute atomic E-state index is 10.8. The van der Waals surface area contributed by atoms with Gasteiger partial charge >= 0.3 is 0 Å². The maximum atomic E-state index is 10.8. The minimum atomic E-state index is -0.453. The van der Waals surface area contributed by atoms with Crippen LogP contribution in [-0.4, -0.2) is 29.8 Å². The van der Waals surface area contributed by atoms with Gasteiger partial charge in [0.25, 0.3) is 5.69 Å². The third-order valence-electron chi connectivity index (χ3n) is 3.83. The van der Waals surface area contributed by atoms with Crippen molar-refractivity contribution in [3.8, 4) is 22.1 Å². The van der Waals surface area contributed by atoms with Gasteiger partial charge in [0, 0.05) is 28.6 Å². The van der Waals surface area contributed by atoms with Crippen molar-refractivity contribution >= 4 is 23.2 Å². The highest BCUT2D eigenvalue weighted by atomic mass is 32.1. The molecule has 9 heteroatoms. The van der Waals surface area contributed by atoms with E-state index in [0.717, 1.165) is 16.3 Å². The number of nitrogens with zero attached hydrogens (tertiary/aromatic N) is 3. The van der Waals surface area contributed by atoms with Gasteiger partial charge in [-0.2, -0.15) is 0 Å². The molecule has 1 heterocycles. The lowest BCUT2D eigenvalue weighted by atomic mass is 10.2. The van der Waals surface area contributed by atoms with E-state index < -0.39 is 4.92 Å². The van der Waals surface area contributed by atoms with E-state index in [2.05, 4.69) is 10.1 Å². The highest BCUT2D eigenvalue weighted by molar-refractivity contribution is 7.13. The highest BCUT2D eigenvalue weighted by Crippen LogP contribution is 2.33. The molecule has 1 aromatic heterocycles. The molecule has 0 spiro atoms. The Bertz CT molecular complexity index is 1020. The number of ether oxygens (including phenoxy) is 2. The zero-order valence-corrected chi connectivity index (χ0v) is 16.7. The molecule has 0 bridgehead atoms. The normalized spacial score (nSPS) is 10.8. The lowest BCUT2D eigenvalue weighted by Gasteiger charge is -2.09. The number of hydrogen-bond donors (Lipinski definition) is 0. The van der Waals surface area contributed by atoms with Crippen molar-refractivity contribution in [2.75, 3.05) is 13.7 Å². The second-order valence-electron chi connectivity index (χ2n) is 5.80. The first-order chi connectivity index (χ1) is 14.1. The highest BCUT2D eigenvalue weighted by Gasteiger charge is 2.10. The summed E-state index contributed by atoms with van der Waals surface area (Å²) in [5, 5.41) is 17.4. The lowest BCUT2D eigenvalue weighted by molar-refractivity contribution is -0.384. The molecule has 0 aliphatic rings. The van der Waals surface area contributed by atoms with Gasteiger partial charge in [-0.15, -0.1) is 11.3 Å². The number of benzene rings is 2. The minimum absolute atomic E-state index is 0.00359. The van der Waals surface area contributed by atoms with Crippen molar-refractivity contribution in [2.45, 2.75) is 13.5 Å². The summed E-state index contributed by atoms with van der Waals surface area (Å²) in [5.74, 6) is 1.34. The number of rotatable bonds is 9. The van der Waals surface area contributed by atoms with Gasteiger partial charge in [-0.05, 0) is 25.1 Å². The van der Waals surface area contributed by atoms with Crippen LogP contribution in [0.4, 0.5) is 5.69 Å². The van der Waals surface area contributed by atoms with Crippen molar-refractivity contribution in [1.82, 2.24) is 4.98 Å². The zero-order chi connectivity index (χ0) is 20.6. The summed E-state index contributed by atoms with van der Waals surface area (Å²) in [6, 6.07) is 11.8. The van der Waals surface area contributed by atoms with Crippen LogP contribution in [0.2, 0.25) is 0 Å². The number of hydrogen-bond acceptors (Lipinski definition) is 8. The number of oxime groups is 1. The summed E-state index contributed by atoms with van der Waals surface area (Å²) in [6.45, 7) is 2.67. The van der Waals surface area contributed by atoms with Gasteiger partial charge in [-0.3, -0.25) is 10.1 Å². The van der Waals surface area contributed by atoms with Gasteiger partial charge in [0.2, 0.25) is 0 Å². The number of non-ortho nitro benzene ring substituents is 1. The lowest BCUT2D eigenvalue weighted by Crippen LogP contribution is -1.95. The van der Waals surface area contributed by atoms with E-state index in [9.17, 15) is 10.1 Å². The third-order valence-corrected chi connectivity index (χ3v) is 4.77. The monoisotopic (exact) mass is 413 g/mol. The van der Waals surface area contributed by atoms with E-state index in [1.165, 1.54) is 29.7 Å². The maximum Gasteiger partial charge on any atom is 0.270 e. The Morgan fingerprint density at radius 2 is 2.10 bits per heavy atom. The van der Waals surface area contributed by atoms with Gasteiger partial charge in [0.1, 0.15) is 5.01 Å². The summed E-state index contributed by atoms with van der Waals surface area (Å²) in [4.78, 5) is 20.1. The van der Waals surface area contributed by atoms with Gasteiger partial charge in [0.15, 0.2) is 18.1 Å². The van der Waals surface area contributed by atoms with Crippen LogP contribution in [-0.2, 0) is 11.4 Å². The summed E-state index contributed by atoms with van der Waals surface area (Å²) in [5.41, 5.74) is 2.24. The van der Waals surface area contributed by atoms with Crippen LogP contribution in [0, 0.1) is 10.1 Å². The van der Waals surface area contributed by atoms with Crippen molar-refractivity contribution in [1.29, 1.82) is 0 Å². The van der Waals surface area contributed by atoms with E-state index in [4.69, 9.17) is 14.3 Å². The average molecular weight is 413 g/mol. The summed E-state index contributed by atoms with van der Waals surface area (Å²) >= 11 is 1.49. The van der Waals surface area contributed by atoms with Crippen LogP contribution in [0.15, 0.2) is 53.0 Å². The molecule has 0 unspecified atom stereocenters. The molecule has 0 aliphatic heterocycles. The fraction of sp³-hybridized carbons (Fsp3) is 0.200. The quantitative estimate of drug-likeness (QED) is 0.287. The Morgan fingerprint density at radius 3 is 2.86 bits per heavy atom. The van der Waals surface area contributed by atoms with E-state index in [1.54, 1.807) is 19.2 Å². The molecular weight excluding hydrogens is 394 g/mol. The van der Waals surface area contributed by atoms with Crippen molar-refractivity contribution in [2.24, 2.45) is 5.16 Å². The van der Waals surface area contributed by atoms with Crippen LogP contribution in [0.1, 0.15) is 18.2 Å². The summed E-state index contributed by atoms with van der Waals surface area (Å²) in [6.07, 6.45) is 1.43. The molecule has 8 nitrogen and oxygen atoms in total. The summed E-state index contributed by atoms with van der Waals surface area (Å²) < 4.78 is 10.9. The molecule has 0 saturated carbocycles. The van der Waals surface area contributed by atoms with E-state index >= 15 is 0 Å². The van der Waals surface area contributed by atoms with Crippen LogP contribution >= 0.6 is 11.3 Å². The first kappa shape index (κ1) is 20.3. The van der Waals surface area contributed by atoms with Crippen molar-refractivity contribution in [3.63, 3.8) is 0 Å². The SMILES string of the molecule is CCOc1ccc(-c2nc(CO/N=C/c3cccc([N+](=O)[O-])c3)cs2)cc1OC. The van der Waals surface area contributed by atoms with Crippen LogP contribution < -0.4 is 9.47 Å². The molecule has 0 atom stereocenters. The number of nitro benzene ring substituents is 1. The first-order valence-corrected chi connectivity index (χ1v) is 9.64. The standard InChI is InChI=1S/C20H19N3O5S/c1-3-27-18-8-7-15(10-19(18)26-2)20-22-16(13-29-20)12-28-21-11-14-5-4-6-17(9-14)23(24)25/h4-11,13H,3,12H2,1-2H3/b21-11+. The van der Waals surface area contributed by atoms with Gasteiger partial charge in [-0.25, -0.2) is 4.98 Å². The molecule has 150 valence electrons. The Labute approximate surface area is 171 Å². The molecule has 0 fully saturated rings. The molecule has 0 saturated heterocycles. The smallest absolute Gasteiger partial charge is 0.270 e. The molecule has 0 aliphatic carbocycles.